The largest absolute Gasteiger partial charge is 0.470 e. The number of carbonyl (C=O) groups excluding carboxylic acids is 1. The van der Waals surface area contributed by atoms with Crippen molar-refractivity contribution >= 4 is 22.1 Å². The molecule has 0 atom stereocenters. The first-order valence-corrected chi connectivity index (χ1v) is 5.72. The molecule has 0 unspecified atom stereocenters. The molecule has 5 heteroatoms. The molecule has 1 aliphatic heterocycles. The van der Waals surface area contributed by atoms with Crippen LogP contribution in [-0.4, -0.2) is 21.5 Å². The van der Waals surface area contributed by atoms with E-state index in [2.05, 4.69) is 41.9 Å². The molecule has 0 bridgehead atoms. The summed E-state index contributed by atoms with van der Waals surface area (Å²) in [5, 5.41) is 0. The lowest BCUT2D eigenvalue weighted by Gasteiger charge is -2.25. The molecule has 0 spiro atoms. The maximum atomic E-state index is 11.8. The molecule has 0 aliphatic carbocycles. The van der Waals surface area contributed by atoms with Crippen LogP contribution in [-0.2, 0) is 5.41 Å². The van der Waals surface area contributed by atoms with E-state index < -0.39 is 0 Å². The zero-order chi connectivity index (χ0) is 11.9. The van der Waals surface area contributed by atoms with Crippen molar-refractivity contribution in [2.45, 2.75) is 26.2 Å². The number of fused-ring (bicyclic) bond motifs is 1. The van der Waals surface area contributed by atoms with Gasteiger partial charge in [0.15, 0.2) is 18.2 Å². The second kappa shape index (κ2) is 3.73. The van der Waals surface area contributed by atoms with Gasteiger partial charge in [-0.15, -0.1) is 0 Å². The molecule has 0 N–H and O–H groups in total. The van der Waals surface area contributed by atoms with Crippen molar-refractivity contribution in [3.05, 3.63) is 23.5 Å². The first-order valence-electron chi connectivity index (χ1n) is 5.01. The second-order valence-corrected chi connectivity index (χ2v) is 5.59. The molecule has 1 aromatic rings. The summed E-state index contributed by atoms with van der Waals surface area (Å²) in [5.74, 6) is 0.390. The van der Waals surface area contributed by atoms with Crippen LogP contribution in [0.3, 0.4) is 0 Å². The monoisotopic (exact) mass is 284 g/mol. The number of aromatic nitrogens is 1. The molecule has 0 saturated heterocycles. The van der Waals surface area contributed by atoms with Gasteiger partial charge in [0, 0.05) is 11.1 Å². The minimum atomic E-state index is -0.160. The molecule has 4 nitrogen and oxygen atoms in total. The van der Waals surface area contributed by atoms with Crippen LogP contribution in [0.5, 0.6) is 5.75 Å². The van der Waals surface area contributed by atoms with Gasteiger partial charge >= 0.3 is 0 Å². The molecule has 0 fully saturated rings. The van der Waals surface area contributed by atoms with Gasteiger partial charge in [0.1, 0.15) is 0 Å². The first-order chi connectivity index (χ1) is 7.39. The van der Waals surface area contributed by atoms with Crippen LogP contribution >= 0.6 is 16.1 Å². The minimum Gasteiger partial charge on any atom is -0.470 e. The average molecular weight is 285 g/mol. The van der Waals surface area contributed by atoms with E-state index in [-0.39, 0.29) is 18.1 Å². The Kier molecular flexibility index (Phi) is 2.66. The Morgan fingerprint density at radius 1 is 1.44 bits per heavy atom. The predicted octanol–water partition coefficient (Wildman–Crippen LogP) is 2.48. The van der Waals surface area contributed by atoms with Crippen molar-refractivity contribution in [2.24, 2.45) is 0 Å². The summed E-state index contributed by atoms with van der Waals surface area (Å²) < 4.78 is 6.70. The molecule has 1 amide bonds. The molecule has 1 aliphatic rings. The van der Waals surface area contributed by atoms with Crippen molar-refractivity contribution in [3.63, 3.8) is 0 Å². The normalized spacial score (nSPS) is 15.8. The summed E-state index contributed by atoms with van der Waals surface area (Å²) in [6, 6.07) is 3.71. The van der Waals surface area contributed by atoms with Gasteiger partial charge in [0.05, 0.1) is 16.1 Å². The highest BCUT2D eigenvalue weighted by Crippen LogP contribution is 2.28. The van der Waals surface area contributed by atoms with E-state index in [4.69, 9.17) is 4.74 Å². The fraction of sp³-hybridized carbons (Fsp3) is 0.455. The highest BCUT2D eigenvalue weighted by Gasteiger charge is 2.27. The topological polar surface area (TPSA) is 42.4 Å². The molecule has 2 rings (SSSR count). The molecule has 2 heterocycles. The van der Waals surface area contributed by atoms with E-state index >= 15 is 0 Å². The molecule has 86 valence electrons. The van der Waals surface area contributed by atoms with E-state index in [1.165, 1.54) is 3.93 Å². The summed E-state index contributed by atoms with van der Waals surface area (Å²) in [6.07, 6.45) is 0. The fourth-order valence-electron chi connectivity index (χ4n) is 1.43. The number of carbonyl (C=O) groups is 1. The third-order valence-corrected chi connectivity index (χ3v) is 2.91. The van der Waals surface area contributed by atoms with Gasteiger partial charge < -0.3 is 4.74 Å². The Labute approximate surface area is 103 Å². The van der Waals surface area contributed by atoms with Crippen molar-refractivity contribution in [1.29, 1.82) is 0 Å². The van der Waals surface area contributed by atoms with Crippen LogP contribution in [0, 0.1) is 0 Å². The Bertz CT molecular complexity index is 440. The maximum absolute atomic E-state index is 11.8. The number of rotatable bonds is 0. The van der Waals surface area contributed by atoms with E-state index in [0.717, 1.165) is 5.69 Å². The molecule has 0 radical (unpaired) electrons. The quantitative estimate of drug-likeness (QED) is 0.688. The minimum absolute atomic E-state index is 0.0795. The average Bonchev–Trinajstić information content (AvgIpc) is 2.22. The number of hydrogen-bond acceptors (Lipinski definition) is 3. The number of nitrogens with zero attached hydrogens (tertiary/aromatic N) is 2. The zero-order valence-electron chi connectivity index (χ0n) is 9.45. The van der Waals surface area contributed by atoms with Crippen molar-refractivity contribution < 1.29 is 9.53 Å². The first kappa shape index (κ1) is 11.4. The van der Waals surface area contributed by atoms with Crippen molar-refractivity contribution in [1.82, 2.24) is 8.91 Å². The van der Waals surface area contributed by atoms with E-state index in [1.54, 1.807) is 6.07 Å². The van der Waals surface area contributed by atoms with Crippen LogP contribution in [0.4, 0.5) is 0 Å². The van der Waals surface area contributed by atoms with Gasteiger partial charge in [-0.25, -0.2) is 8.91 Å². The number of hydrogen-bond donors (Lipinski definition) is 0. The summed E-state index contributed by atoms with van der Waals surface area (Å²) in [4.78, 5) is 16.2. The molecule has 0 saturated carbocycles. The molecule has 0 aromatic carbocycles. The SMILES string of the molecule is CC(C)(C)c1ccc2c(n1)C(=O)N(Br)CO2. The smallest absolute Gasteiger partial charge is 0.289 e. The standard InChI is InChI=1S/C11H13BrN2O2/c1-11(2,3)8-5-4-7-9(13-8)10(15)14(12)6-16-7/h4-5H,6H2,1-3H3. The fourth-order valence-corrected chi connectivity index (χ4v) is 1.70. The summed E-state index contributed by atoms with van der Waals surface area (Å²) in [5.41, 5.74) is 1.17. The molecule has 1 aromatic heterocycles. The zero-order valence-corrected chi connectivity index (χ0v) is 11.0. The van der Waals surface area contributed by atoms with Gasteiger partial charge in [0.25, 0.3) is 5.91 Å². The summed E-state index contributed by atoms with van der Waals surface area (Å²) in [6.45, 7) is 6.38. The Hall–Kier alpha value is -1.10. The maximum Gasteiger partial charge on any atom is 0.289 e. The Balaban J connectivity index is 2.49. The van der Waals surface area contributed by atoms with Gasteiger partial charge in [-0.2, -0.15) is 0 Å². The lowest BCUT2D eigenvalue weighted by Crippen LogP contribution is -2.32. The van der Waals surface area contributed by atoms with Gasteiger partial charge in [-0.05, 0) is 12.1 Å². The van der Waals surface area contributed by atoms with Gasteiger partial charge in [0.2, 0.25) is 0 Å². The van der Waals surface area contributed by atoms with Crippen molar-refractivity contribution in [2.75, 3.05) is 6.73 Å². The van der Waals surface area contributed by atoms with Crippen LogP contribution in [0.2, 0.25) is 0 Å². The second-order valence-electron chi connectivity index (χ2n) is 4.73. The lowest BCUT2D eigenvalue weighted by atomic mass is 9.91. The number of pyridine rings is 1. The van der Waals surface area contributed by atoms with Crippen LogP contribution in [0.25, 0.3) is 0 Å². The lowest BCUT2D eigenvalue weighted by molar-refractivity contribution is 0.0742. The highest BCUT2D eigenvalue weighted by molar-refractivity contribution is 9.07. The third-order valence-electron chi connectivity index (χ3n) is 2.38. The Morgan fingerprint density at radius 3 is 2.75 bits per heavy atom. The summed E-state index contributed by atoms with van der Waals surface area (Å²) in [7, 11) is 0. The Morgan fingerprint density at radius 2 is 2.12 bits per heavy atom. The van der Waals surface area contributed by atoms with E-state index in [9.17, 15) is 4.79 Å². The van der Waals surface area contributed by atoms with Crippen LogP contribution < -0.4 is 4.74 Å². The number of halogens is 1. The molecule has 16 heavy (non-hydrogen) atoms. The van der Waals surface area contributed by atoms with Gasteiger partial charge in [-0.1, -0.05) is 20.8 Å². The number of amides is 1. The van der Waals surface area contributed by atoms with Gasteiger partial charge in [-0.3, -0.25) is 4.79 Å². The van der Waals surface area contributed by atoms with E-state index in [1.807, 2.05) is 6.07 Å². The highest BCUT2D eigenvalue weighted by atomic mass is 79.9. The van der Waals surface area contributed by atoms with Crippen LogP contribution in [0.15, 0.2) is 12.1 Å². The number of ether oxygens (including phenoxy) is 1. The predicted molar refractivity (Wildman–Crippen MR) is 63.5 cm³/mol. The molecular weight excluding hydrogens is 272 g/mol. The van der Waals surface area contributed by atoms with Crippen LogP contribution in [0.1, 0.15) is 37.0 Å². The van der Waals surface area contributed by atoms with Crippen molar-refractivity contribution in [3.8, 4) is 5.75 Å². The van der Waals surface area contributed by atoms with E-state index in [0.29, 0.717) is 11.4 Å². The molecular formula is C11H13BrN2O2. The summed E-state index contributed by atoms with van der Waals surface area (Å²) >= 11 is 3.12. The third kappa shape index (κ3) is 1.91.